The van der Waals surface area contributed by atoms with E-state index in [0.29, 0.717) is 13.0 Å². The Balaban J connectivity index is 1.23. The summed E-state index contributed by atoms with van der Waals surface area (Å²) in [4.78, 5) is 16.7. The summed E-state index contributed by atoms with van der Waals surface area (Å²) in [7, 11) is 0. The summed E-state index contributed by atoms with van der Waals surface area (Å²) < 4.78 is 14.1. The number of carbonyl (C=O) groups excluding carboxylic acids is 1. The van der Waals surface area contributed by atoms with E-state index < -0.39 is 5.79 Å². The van der Waals surface area contributed by atoms with Crippen LogP contribution in [0.15, 0.2) is 48.8 Å². The van der Waals surface area contributed by atoms with Gasteiger partial charge in [-0.05, 0) is 37.1 Å². The first kappa shape index (κ1) is 16.2. The predicted octanol–water partition coefficient (Wildman–Crippen LogP) is 4.11. The van der Waals surface area contributed by atoms with Crippen LogP contribution in [0, 0.1) is 0 Å². The van der Waals surface area contributed by atoms with Gasteiger partial charge in [0.2, 0.25) is 5.91 Å². The van der Waals surface area contributed by atoms with Crippen LogP contribution in [0.5, 0.6) is 11.5 Å². The number of aryl methyl sites for hydroxylation is 1. The molecule has 1 amide bonds. The SMILES string of the molecule is O=C(CCn1cnc2ccccc21)Nc1ccc2c(c1)OC1(CCCC1)O2. The normalized spacial score (nSPS) is 16.9. The number of rotatable bonds is 4. The highest BCUT2D eigenvalue weighted by molar-refractivity contribution is 5.91. The number of fused-ring (bicyclic) bond motifs is 2. The van der Waals surface area contributed by atoms with E-state index in [9.17, 15) is 4.79 Å². The Labute approximate surface area is 157 Å². The number of para-hydroxylation sites is 2. The number of ether oxygens (including phenoxy) is 2. The van der Waals surface area contributed by atoms with Crippen LogP contribution in [-0.4, -0.2) is 21.2 Å². The minimum absolute atomic E-state index is 0.0396. The molecule has 0 bridgehead atoms. The number of carbonyl (C=O) groups is 1. The molecule has 6 nitrogen and oxygen atoms in total. The molecule has 1 spiro atoms. The molecule has 5 rings (SSSR count). The van der Waals surface area contributed by atoms with E-state index in [0.717, 1.165) is 53.9 Å². The zero-order valence-electron chi connectivity index (χ0n) is 15.0. The number of anilines is 1. The van der Waals surface area contributed by atoms with Crippen molar-refractivity contribution in [3.05, 3.63) is 48.8 Å². The van der Waals surface area contributed by atoms with Crippen molar-refractivity contribution < 1.29 is 14.3 Å². The first-order valence-corrected chi connectivity index (χ1v) is 9.43. The summed E-state index contributed by atoms with van der Waals surface area (Å²) >= 11 is 0. The lowest BCUT2D eigenvalue weighted by Gasteiger charge is -2.21. The van der Waals surface area contributed by atoms with Gasteiger partial charge in [-0.3, -0.25) is 4.79 Å². The Morgan fingerprint density at radius 1 is 1.11 bits per heavy atom. The number of nitrogens with one attached hydrogen (secondary N) is 1. The van der Waals surface area contributed by atoms with Crippen molar-refractivity contribution in [2.75, 3.05) is 5.32 Å². The third kappa shape index (κ3) is 3.01. The molecule has 1 aliphatic carbocycles. The van der Waals surface area contributed by atoms with Gasteiger partial charge in [0.1, 0.15) is 0 Å². The molecule has 2 heterocycles. The number of nitrogens with zero attached hydrogens (tertiary/aromatic N) is 2. The topological polar surface area (TPSA) is 65.4 Å². The minimum atomic E-state index is -0.479. The third-order valence-corrected chi connectivity index (χ3v) is 5.29. The number of hydrogen-bond donors (Lipinski definition) is 1. The van der Waals surface area contributed by atoms with E-state index in [-0.39, 0.29) is 5.91 Å². The molecule has 3 aromatic rings. The fourth-order valence-electron chi connectivity index (χ4n) is 3.92. The second-order valence-electron chi connectivity index (χ2n) is 7.21. The Morgan fingerprint density at radius 3 is 2.81 bits per heavy atom. The smallest absolute Gasteiger partial charge is 0.251 e. The van der Waals surface area contributed by atoms with E-state index in [1.807, 2.05) is 47.0 Å². The van der Waals surface area contributed by atoms with Gasteiger partial charge < -0.3 is 19.4 Å². The van der Waals surface area contributed by atoms with Crippen molar-refractivity contribution in [1.29, 1.82) is 0 Å². The van der Waals surface area contributed by atoms with E-state index >= 15 is 0 Å². The molecule has 1 aliphatic heterocycles. The van der Waals surface area contributed by atoms with Gasteiger partial charge in [-0.1, -0.05) is 12.1 Å². The first-order valence-electron chi connectivity index (χ1n) is 9.43. The van der Waals surface area contributed by atoms with Gasteiger partial charge in [0, 0.05) is 37.6 Å². The molecule has 1 saturated carbocycles. The molecule has 0 atom stereocenters. The molecule has 6 heteroatoms. The molecule has 138 valence electrons. The Hall–Kier alpha value is -3.02. The number of benzene rings is 2. The quantitative estimate of drug-likeness (QED) is 0.758. The summed E-state index contributed by atoms with van der Waals surface area (Å²) in [5.74, 6) is 0.963. The summed E-state index contributed by atoms with van der Waals surface area (Å²) in [5.41, 5.74) is 2.71. The lowest BCUT2D eigenvalue weighted by molar-refractivity contribution is -0.116. The van der Waals surface area contributed by atoms with Gasteiger partial charge in [0.05, 0.1) is 17.4 Å². The number of hydrogen-bond acceptors (Lipinski definition) is 4. The van der Waals surface area contributed by atoms with Crippen molar-refractivity contribution in [1.82, 2.24) is 9.55 Å². The molecule has 2 aromatic carbocycles. The average molecular weight is 363 g/mol. The highest BCUT2D eigenvalue weighted by Gasteiger charge is 2.44. The maximum Gasteiger partial charge on any atom is 0.251 e. The number of amides is 1. The van der Waals surface area contributed by atoms with E-state index in [2.05, 4.69) is 10.3 Å². The monoisotopic (exact) mass is 363 g/mol. The van der Waals surface area contributed by atoms with Crippen LogP contribution in [0.25, 0.3) is 11.0 Å². The fraction of sp³-hybridized carbons (Fsp3) is 0.333. The Bertz CT molecular complexity index is 1000. The van der Waals surface area contributed by atoms with Crippen LogP contribution in [-0.2, 0) is 11.3 Å². The maximum atomic E-state index is 12.4. The molecule has 1 fully saturated rings. The summed E-state index contributed by atoms with van der Waals surface area (Å²) in [6.45, 7) is 0.583. The highest BCUT2D eigenvalue weighted by atomic mass is 16.7. The van der Waals surface area contributed by atoms with Crippen LogP contribution in [0.2, 0.25) is 0 Å². The third-order valence-electron chi connectivity index (χ3n) is 5.29. The zero-order valence-corrected chi connectivity index (χ0v) is 15.0. The molecule has 27 heavy (non-hydrogen) atoms. The molecular formula is C21H21N3O3. The molecular weight excluding hydrogens is 342 g/mol. The first-order chi connectivity index (χ1) is 13.2. The standard InChI is InChI=1S/C21H21N3O3/c25-20(9-12-24-14-22-16-5-1-2-6-17(16)24)23-15-7-8-18-19(13-15)27-21(26-18)10-3-4-11-21/h1-2,5-8,13-14H,3-4,9-12H2,(H,23,25). The van der Waals surface area contributed by atoms with Crippen LogP contribution in [0.1, 0.15) is 32.1 Å². The Morgan fingerprint density at radius 2 is 1.93 bits per heavy atom. The summed E-state index contributed by atoms with van der Waals surface area (Å²) in [5, 5.41) is 2.95. The second kappa shape index (κ2) is 6.30. The van der Waals surface area contributed by atoms with Gasteiger partial charge in [0.25, 0.3) is 5.79 Å². The van der Waals surface area contributed by atoms with Crippen molar-refractivity contribution >= 4 is 22.6 Å². The molecule has 2 aliphatic rings. The molecule has 0 radical (unpaired) electrons. The lowest BCUT2D eigenvalue weighted by atomic mass is 10.2. The van der Waals surface area contributed by atoms with Gasteiger partial charge in [-0.2, -0.15) is 0 Å². The highest BCUT2D eigenvalue weighted by Crippen LogP contribution is 2.47. The lowest BCUT2D eigenvalue weighted by Crippen LogP contribution is -2.34. The molecule has 1 N–H and O–H groups in total. The predicted molar refractivity (Wildman–Crippen MR) is 102 cm³/mol. The van der Waals surface area contributed by atoms with Crippen molar-refractivity contribution in [2.45, 2.75) is 44.4 Å². The summed E-state index contributed by atoms with van der Waals surface area (Å²) in [6.07, 6.45) is 6.24. The van der Waals surface area contributed by atoms with Crippen LogP contribution < -0.4 is 14.8 Å². The van der Waals surface area contributed by atoms with Gasteiger partial charge >= 0.3 is 0 Å². The molecule has 0 unspecified atom stereocenters. The minimum Gasteiger partial charge on any atom is -0.448 e. The van der Waals surface area contributed by atoms with E-state index in [1.165, 1.54) is 0 Å². The average Bonchev–Trinajstić information content (AvgIpc) is 3.38. The van der Waals surface area contributed by atoms with Crippen molar-refractivity contribution in [3.63, 3.8) is 0 Å². The fourth-order valence-corrected chi connectivity index (χ4v) is 3.92. The second-order valence-corrected chi connectivity index (χ2v) is 7.21. The number of imidazole rings is 1. The van der Waals surface area contributed by atoms with E-state index in [4.69, 9.17) is 9.47 Å². The van der Waals surface area contributed by atoms with Crippen molar-refractivity contribution in [2.24, 2.45) is 0 Å². The summed E-state index contributed by atoms with van der Waals surface area (Å²) in [6, 6.07) is 13.5. The van der Waals surface area contributed by atoms with Crippen LogP contribution in [0.4, 0.5) is 5.69 Å². The van der Waals surface area contributed by atoms with Gasteiger partial charge in [-0.15, -0.1) is 0 Å². The van der Waals surface area contributed by atoms with E-state index in [1.54, 1.807) is 6.33 Å². The van der Waals surface area contributed by atoms with Crippen LogP contribution >= 0.6 is 0 Å². The number of aromatic nitrogens is 2. The Kier molecular flexibility index (Phi) is 3.77. The van der Waals surface area contributed by atoms with Gasteiger partial charge in [0.15, 0.2) is 11.5 Å². The molecule has 1 aromatic heterocycles. The van der Waals surface area contributed by atoms with Crippen LogP contribution in [0.3, 0.4) is 0 Å². The molecule has 0 saturated heterocycles. The maximum absolute atomic E-state index is 12.4. The van der Waals surface area contributed by atoms with Crippen molar-refractivity contribution in [3.8, 4) is 11.5 Å². The zero-order chi connectivity index (χ0) is 18.3. The van der Waals surface area contributed by atoms with Gasteiger partial charge in [-0.25, -0.2) is 4.98 Å². The largest absolute Gasteiger partial charge is 0.448 e.